The number of nitriles is 1. The molecule has 0 aliphatic carbocycles. The third-order valence-corrected chi connectivity index (χ3v) is 2.95. The van der Waals surface area contributed by atoms with Crippen molar-refractivity contribution in [2.75, 3.05) is 13.1 Å². The fourth-order valence-electron chi connectivity index (χ4n) is 2.10. The van der Waals surface area contributed by atoms with E-state index in [2.05, 4.69) is 16.4 Å². The molecule has 1 aromatic heterocycles. The van der Waals surface area contributed by atoms with Gasteiger partial charge >= 0.3 is 0 Å². The second kappa shape index (κ2) is 5.15. The molecule has 2 rings (SSSR count). The number of piperidine rings is 1. The van der Waals surface area contributed by atoms with Gasteiger partial charge in [-0.2, -0.15) is 5.26 Å². The topological polar surface area (TPSA) is 57.9 Å². The molecule has 90 valence electrons. The number of hydrogen-bond acceptors (Lipinski definition) is 4. The molecule has 1 N–H and O–H groups in total. The van der Waals surface area contributed by atoms with Gasteiger partial charge in [0, 0.05) is 12.2 Å². The largest absolute Gasteiger partial charge is 0.472 e. The van der Waals surface area contributed by atoms with Crippen LogP contribution in [0.5, 0.6) is 5.88 Å². The zero-order chi connectivity index (χ0) is 12.3. The Morgan fingerprint density at radius 3 is 3.00 bits per heavy atom. The smallest absolute Gasteiger partial charge is 0.232 e. The summed E-state index contributed by atoms with van der Waals surface area (Å²) in [5, 5.41) is 12.4. The molecule has 17 heavy (non-hydrogen) atoms. The summed E-state index contributed by atoms with van der Waals surface area (Å²) in [5.41, 5.74) is 2.38. The van der Waals surface area contributed by atoms with Gasteiger partial charge in [-0.3, -0.25) is 0 Å². The molecule has 0 aromatic carbocycles. The standard InChI is InChI=1S/C13H17N3O/c1-9-6-10(2)16-13(12(9)7-14)17-11-4-3-5-15-8-11/h6,11,15H,3-5,8H2,1-2H3/t11-/m0/s1. The number of nitrogens with zero attached hydrogens (tertiary/aromatic N) is 2. The van der Waals surface area contributed by atoms with Crippen LogP contribution in [0, 0.1) is 25.2 Å². The van der Waals surface area contributed by atoms with Crippen molar-refractivity contribution in [1.82, 2.24) is 10.3 Å². The van der Waals surface area contributed by atoms with Gasteiger partial charge in [0.15, 0.2) is 0 Å². The number of ether oxygens (including phenoxy) is 1. The molecule has 4 heteroatoms. The van der Waals surface area contributed by atoms with E-state index in [0.29, 0.717) is 11.4 Å². The molecule has 0 spiro atoms. The molecular weight excluding hydrogens is 214 g/mol. The third-order valence-electron chi connectivity index (χ3n) is 2.95. The molecule has 0 unspecified atom stereocenters. The van der Waals surface area contributed by atoms with E-state index in [9.17, 15) is 0 Å². The number of hydrogen-bond donors (Lipinski definition) is 1. The summed E-state index contributed by atoms with van der Waals surface area (Å²) >= 11 is 0. The summed E-state index contributed by atoms with van der Waals surface area (Å²) in [4.78, 5) is 4.33. The number of rotatable bonds is 2. The highest BCUT2D eigenvalue weighted by atomic mass is 16.5. The maximum Gasteiger partial charge on any atom is 0.232 e. The summed E-state index contributed by atoms with van der Waals surface area (Å²) in [6.45, 7) is 5.71. The quantitative estimate of drug-likeness (QED) is 0.841. The first kappa shape index (κ1) is 11.9. The molecule has 1 atom stereocenters. The lowest BCUT2D eigenvalue weighted by molar-refractivity contribution is 0.159. The van der Waals surface area contributed by atoms with Crippen LogP contribution in [0.25, 0.3) is 0 Å². The molecule has 1 aromatic rings. The minimum atomic E-state index is 0.129. The van der Waals surface area contributed by atoms with Crippen molar-refractivity contribution in [3.05, 3.63) is 22.9 Å². The first-order valence-corrected chi connectivity index (χ1v) is 5.96. The van der Waals surface area contributed by atoms with Crippen LogP contribution in [0.2, 0.25) is 0 Å². The Bertz CT molecular complexity index is 445. The van der Waals surface area contributed by atoms with E-state index in [-0.39, 0.29) is 6.10 Å². The lowest BCUT2D eigenvalue weighted by Gasteiger charge is -2.24. The van der Waals surface area contributed by atoms with Crippen LogP contribution in [0.1, 0.15) is 29.7 Å². The van der Waals surface area contributed by atoms with Crippen LogP contribution in [-0.4, -0.2) is 24.2 Å². The lowest BCUT2D eigenvalue weighted by atomic mass is 10.1. The molecule has 1 aliphatic heterocycles. The highest BCUT2D eigenvalue weighted by Crippen LogP contribution is 2.22. The predicted octanol–water partition coefficient (Wildman–Crippen LogP) is 1.70. The Hall–Kier alpha value is -1.60. The fraction of sp³-hybridized carbons (Fsp3) is 0.538. The highest BCUT2D eigenvalue weighted by Gasteiger charge is 2.18. The number of aromatic nitrogens is 1. The lowest BCUT2D eigenvalue weighted by Crippen LogP contribution is -2.37. The van der Waals surface area contributed by atoms with E-state index in [0.717, 1.165) is 37.2 Å². The number of pyridine rings is 1. The first-order chi connectivity index (χ1) is 8.20. The van der Waals surface area contributed by atoms with Gasteiger partial charge in [-0.1, -0.05) is 0 Å². The number of nitrogens with one attached hydrogen (secondary N) is 1. The molecule has 4 nitrogen and oxygen atoms in total. The Balaban J connectivity index is 2.22. The molecule has 1 fully saturated rings. The van der Waals surface area contributed by atoms with Gasteiger partial charge < -0.3 is 10.1 Å². The van der Waals surface area contributed by atoms with Gasteiger partial charge in [-0.15, -0.1) is 0 Å². The molecule has 2 heterocycles. The average molecular weight is 231 g/mol. The minimum absolute atomic E-state index is 0.129. The zero-order valence-electron chi connectivity index (χ0n) is 10.3. The zero-order valence-corrected chi connectivity index (χ0v) is 10.3. The molecule has 0 radical (unpaired) electrons. The second-order valence-corrected chi connectivity index (χ2v) is 4.46. The van der Waals surface area contributed by atoms with Gasteiger partial charge in [0.2, 0.25) is 5.88 Å². The maximum absolute atomic E-state index is 9.13. The van der Waals surface area contributed by atoms with E-state index in [4.69, 9.17) is 10.00 Å². The summed E-state index contributed by atoms with van der Waals surface area (Å²) in [6, 6.07) is 4.08. The van der Waals surface area contributed by atoms with Crippen LogP contribution in [0.3, 0.4) is 0 Å². The second-order valence-electron chi connectivity index (χ2n) is 4.46. The van der Waals surface area contributed by atoms with E-state index >= 15 is 0 Å². The van der Waals surface area contributed by atoms with E-state index in [1.807, 2.05) is 19.9 Å². The minimum Gasteiger partial charge on any atom is -0.472 e. The van der Waals surface area contributed by atoms with Crippen LogP contribution in [-0.2, 0) is 0 Å². The van der Waals surface area contributed by atoms with Crippen molar-refractivity contribution >= 4 is 0 Å². The Morgan fingerprint density at radius 1 is 1.53 bits per heavy atom. The van der Waals surface area contributed by atoms with Gasteiger partial charge in [-0.05, 0) is 44.9 Å². The Kier molecular flexibility index (Phi) is 3.60. The maximum atomic E-state index is 9.13. The van der Waals surface area contributed by atoms with Crippen molar-refractivity contribution in [3.8, 4) is 11.9 Å². The van der Waals surface area contributed by atoms with Crippen molar-refractivity contribution in [1.29, 1.82) is 5.26 Å². The van der Waals surface area contributed by atoms with Crippen molar-refractivity contribution in [3.63, 3.8) is 0 Å². The average Bonchev–Trinajstić information content (AvgIpc) is 2.30. The summed E-state index contributed by atoms with van der Waals surface area (Å²) in [7, 11) is 0. The van der Waals surface area contributed by atoms with Gasteiger partial charge in [0.25, 0.3) is 0 Å². The van der Waals surface area contributed by atoms with Crippen LogP contribution in [0.4, 0.5) is 0 Å². The van der Waals surface area contributed by atoms with E-state index < -0.39 is 0 Å². The van der Waals surface area contributed by atoms with Gasteiger partial charge in [-0.25, -0.2) is 4.98 Å². The summed E-state index contributed by atoms with van der Waals surface area (Å²) in [5.74, 6) is 0.485. The molecule has 1 saturated heterocycles. The van der Waals surface area contributed by atoms with E-state index in [1.54, 1.807) is 0 Å². The molecular formula is C13H17N3O. The predicted molar refractivity (Wildman–Crippen MR) is 64.9 cm³/mol. The fourth-order valence-corrected chi connectivity index (χ4v) is 2.10. The number of aryl methyl sites for hydroxylation is 2. The van der Waals surface area contributed by atoms with Crippen LogP contribution < -0.4 is 10.1 Å². The Morgan fingerprint density at radius 2 is 2.35 bits per heavy atom. The van der Waals surface area contributed by atoms with Crippen LogP contribution >= 0.6 is 0 Å². The third kappa shape index (κ3) is 2.75. The van der Waals surface area contributed by atoms with Crippen LogP contribution in [0.15, 0.2) is 6.07 Å². The monoisotopic (exact) mass is 231 g/mol. The molecule has 0 saturated carbocycles. The molecule has 1 aliphatic rings. The van der Waals surface area contributed by atoms with Crippen molar-refractivity contribution in [2.24, 2.45) is 0 Å². The highest BCUT2D eigenvalue weighted by molar-refractivity contribution is 5.45. The summed E-state index contributed by atoms with van der Waals surface area (Å²) < 4.78 is 5.84. The van der Waals surface area contributed by atoms with Gasteiger partial charge in [0.05, 0.1) is 0 Å². The van der Waals surface area contributed by atoms with Crippen molar-refractivity contribution < 1.29 is 4.74 Å². The SMILES string of the molecule is Cc1cc(C)c(C#N)c(O[C@H]2CCCNC2)n1. The Labute approximate surface area is 102 Å². The normalized spacial score (nSPS) is 19.7. The van der Waals surface area contributed by atoms with Crippen molar-refractivity contribution in [2.45, 2.75) is 32.8 Å². The molecule has 0 bridgehead atoms. The van der Waals surface area contributed by atoms with E-state index in [1.165, 1.54) is 0 Å². The first-order valence-electron chi connectivity index (χ1n) is 5.96. The van der Waals surface area contributed by atoms with Gasteiger partial charge in [0.1, 0.15) is 17.7 Å². The summed E-state index contributed by atoms with van der Waals surface area (Å²) in [6.07, 6.45) is 2.26. The molecule has 0 amide bonds.